The maximum atomic E-state index is 5.32. The Morgan fingerprint density at radius 1 is 0.320 bits per heavy atom. The summed E-state index contributed by atoms with van der Waals surface area (Å²) in [6.45, 7) is 0. The van der Waals surface area contributed by atoms with Gasteiger partial charge in [-0.2, -0.15) is 0 Å². The molecule has 0 amide bonds. The summed E-state index contributed by atoms with van der Waals surface area (Å²) in [5.41, 5.74) is 12.4. The van der Waals surface area contributed by atoms with Crippen molar-refractivity contribution in [3.8, 4) is 56.4 Å². The molecule has 0 radical (unpaired) electrons. The highest BCUT2D eigenvalue weighted by Gasteiger charge is 2.50. The fourth-order valence-corrected chi connectivity index (χ4v) is 9.23. The Hall–Kier alpha value is -6.10. The van der Waals surface area contributed by atoms with E-state index >= 15 is 0 Å². The third-order valence-electron chi connectivity index (χ3n) is 10.0. The number of nitrogens with zero attached hydrogens (tertiary/aromatic N) is 3. The van der Waals surface area contributed by atoms with Gasteiger partial charge in [-0.05, 0) is 50.6 Å². The summed E-state index contributed by atoms with van der Waals surface area (Å²) in [7, 11) is 0. The highest BCUT2D eigenvalue weighted by molar-refractivity contribution is 7.99. The van der Waals surface area contributed by atoms with E-state index in [1.165, 1.54) is 43.2 Å². The number of rotatable bonds is 4. The zero-order valence-electron chi connectivity index (χ0n) is 27.0. The summed E-state index contributed by atoms with van der Waals surface area (Å²) in [6, 6.07) is 62.5. The van der Waals surface area contributed by atoms with Crippen LogP contribution in [0, 0.1) is 0 Å². The van der Waals surface area contributed by atoms with Crippen LogP contribution >= 0.6 is 11.8 Å². The molecule has 10 rings (SSSR count). The molecule has 0 N–H and O–H groups in total. The monoisotopic (exact) mass is 655 g/mol. The molecule has 2 heterocycles. The van der Waals surface area contributed by atoms with Crippen LogP contribution < -0.4 is 0 Å². The van der Waals surface area contributed by atoms with E-state index in [9.17, 15) is 0 Å². The molecule has 2 aliphatic rings. The van der Waals surface area contributed by atoms with Crippen LogP contribution in [-0.2, 0) is 5.41 Å². The van der Waals surface area contributed by atoms with E-state index in [2.05, 4.69) is 152 Å². The summed E-state index contributed by atoms with van der Waals surface area (Å²) in [4.78, 5) is 18.1. The van der Waals surface area contributed by atoms with Gasteiger partial charge in [-0.3, -0.25) is 0 Å². The molecule has 0 saturated carbocycles. The fourth-order valence-electron chi connectivity index (χ4n) is 7.93. The molecule has 50 heavy (non-hydrogen) atoms. The smallest absolute Gasteiger partial charge is 0.165 e. The van der Waals surface area contributed by atoms with Crippen LogP contribution in [0.4, 0.5) is 0 Å². The lowest BCUT2D eigenvalue weighted by Crippen LogP contribution is -2.32. The number of hydrogen-bond acceptors (Lipinski definition) is 4. The normalized spacial score (nSPS) is 13.3. The van der Waals surface area contributed by atoms with Gasteiger partial charge >= 0.3 is 0 Å². The minimum atomic E-state index is -0.474. The Labute approximate surface area is 295 Å². The van der Waals surface area contributed by atoms with Crippen LogP contribution in [0.5, 0.6) is 0 Å². The topological polar surface area (TPSA) is 38.7 Å². The first-order valence-corrected chi connectivity index (χ1v) is 17.7. The minimum Gasteiger partial charge on any atom is -0.208 e. The molecule has 3 nitrogen and oxygen atoms in total. The summed E-state index contributed by atoms with van der Waals surface area (Å²) in [5.74, 6) is 1.96. The van der Waals surface area contributed by atoms with Crippen molar-refractivity contribution in [1.29, 1.82) is 0 Å². The summed E-state index contributed by atoms with van der Waals surface area (Å²) in [5, 5.41) is 0. The molecular formula is C46H29N3S. The Bertz CT molecular complexity index is 2530. The Kier molecular flexibility index (Phi) is 6.64. The lowest BCUT2D eigenvalue weighted by atomic mass is 9.67. The van der Waals surface area contributed by atoms with Crippen molar-refractivity contribution in [3.63, 3.8) is 0 Å². The van der Waals surface area contributed by atoms with Crippen LogP contribution in [0.25, 0.3) is 56.4 Å². The molecule has 0 bridgehead atoms. The molecule has 1 aliphatic heterocycles. The van der Waals surface area contributed by atoms with Crippen LogP contribution in [0.1, 0.15) is 22.3 Å². The van der Waals surface area contributed by atoms with E-state index in [0.717, 1.165) is 27.8 Å². The Morgan fingerprint density at radius 3 is 1.46 bits per heavy atom. The van der Waals surface area contributed by atoms with E-state index in [-0.39, 0.29) is 0 Å². The van der Waals surface area contributed by atoms with Crippen molar-refractivity contribution in [2.24, 2.45) is 0 Å². The molecule has 0 saturated heterocycles. The van der Waals surface area contributed by atoms with Gasteiger partial charge in [0.1, 0.15) is 0 Å². The van der Waals surface area contributed by atoms with Crippen molar-refractivity contribution in [2.75, 3.05) is 0 Å². The molecule has 0 atom stereocenters. The molecule has 0 fully saturated rings. The van der Waals surface area contributed by atoms with Crippen LogP contribution in [-0.4, -0.2) is 15.0 Å². The number of fused-ring (bicyclic) bond motifs is 9. The SMILES string of the molecule is c1ccc(-c2nc(-c3ccccc3-c3ccccc3)nc(-c3cccc4c3Sc3ccccc3C43c4ccccc4-c4ccccc43)n2)cc1. The van der Waals surface area contributed by atoms with E-state index in [1.807, 2.05) is 36.0 Å². The highest BCUT2D eigenvalue weighted by atomic mass is 32.2. The Balaban J connectivity index is 1.26. The first-order chi connectivity index (χ1) is 24.8. The first-order valence-electron chi connectivity index (χ1n) is 16.9. The van der Waals surface area contributed by atoms with Gasteiger partial charge < -0.3 is 0 Å². The van der Waals surface area contributed by atoms with E-state index in [1.54, 1.807) is 0 Å². The largest absolute Gasteiger partial charge is 0.208 e. The summed E-state index contributed by atoms with van der Waals surface area (Å²) < 4.78 is 0. The molecule has 1 spiro atoms. The molecule has 1 aromatic heterocycles. The van der Waals surface area contributed by atoms with Crippen LogP contribution in [0.3, 0.4) is 0 Å². The van der Waals surface area contributed by atoms with E-state index in [4.69, 9.17) is 15.0 Å². The van der Waals surface area contributed by atoms with Gasteiger partial charge in [0.25, 0.3) is 0 Å². The molecule has 1 aliphatic carbocycles. The zero-order chi connectivity index (χ0) is 33.1. The molecule has 0 unspecified atom stereocenters. The van der Waals surface area contributed by atoms with Gasteiger partial charge in [0.2, 0.25) is 0 Å². The van der Waals surface area contributed by atoms with Crippen LogP contribution in [0.15, 0.2) is 186 Å². The number of aromatic nitrogens is 3. The second-order valence-corrected chi connectivity index (χ2v) is 13.8. The maximum absolute atomic E-state index is 5.32. The quantitative estimate of drug-likeness (QED) is 0.189. The average molecular weight is 656 g/mol. The maximum Gasteiger partial charge on any atom is 0.165 e. The highest BCUT2D eigenvalue weighted by Crippen LogP contribution is 2.63. The predicted octanol–water partition coefficient (Wildman–Crippen LogP) is 11.4. The van der Waals surface area contributed by atoms with Crippen molar-refractivity contribution in [2.45, 2.75) is 15.2 Å². The standard InChI is InChI=1S/C46H29N3S/c1-3-16-30(17-4-1)32-20-7-8-23-35(32)44-47-43(31-18-5-2-6-19-31)48-45(49-44)36-24-15-28-40-42(36)50-41-29-14-13-27-39(41)46(40)37-25-11-9-21-33(37)34-22-10-12-26-38(34)46/h1-29H. The van der Waals surface area contributed by atoms with E-state index in [0.29, 0.717) is 17.5 Å². The lowest BCUT2D eigenvalue weighted by molar-refractivity contribution is 0.722. The van der Waals surface area contributed by atoms with Crippen molar-refractivity contribution < 1.29 is 0 Å². The van der Waals surface area contributed by atoms with Crippen molar-refractivity contribution in [3.05, 3.63) is 198 Å². The average Bonchev–Trinajstić information content (AvgIpc) is 3.49. The molecule has 234 valence electrons. The second-order valence-electron chi connectivity index (χ2n) is 12.7. The van der Waals surface area contributed by atoms with Gasteiger partial charge in [0, 0.05) is 26.5 Å². The molecule has 7 aromatic carbocycles. The first kappa shape index (κ1) is 28.9. The zero-order valence-corrected chi connectivity index (χ0v) is 27.8. The lowest BCUT2D eigenvalue weighted by Gasteiger charge is -2.40. The third kappa shape index (κ3) is 4.28. The second kappa shape index (κ2) is 11.5. The summed E-state index contributed by atoms with van der Waals surface area (Å²) in [6.07, 6.45) is 0. The van der Waals surface area contributed by atoms with Crippen molar-refractivity contribution in [1.82, 2.24) is 15.0 Å². The number of benzene rings is 7. The van der Waals surface area contributed by atoms with Gasteiger partial charge in [-0.15, -0.1) is 0 Å². The van der Waals surface area contributed by atoms with Gasteiger partial charge in [-0.1, -0.05) is 182 Å². The summed E-state index contributed by atoms with van der Waals surface area (Å²) >= 11 is 1.82. The molecule has 4 heteroatoms. The molecule has 8 aromatic rings. The van der Waals surface area contributed by atoms with Crippen molar-refractivity contribution >= 4 is 11.8 Å². The number of hydrogen-bond donors (Lipinski definition) is 0. The Morgan fingerprint density at radius 2 is 0.780 bits per heavy atom. The minimum absolute atomic E-state index is 0.474. The predicted molar refractivity (Wildman–Crippen MR) is 203 cm³/mol. The third-order valence-corrected chi connectivity index (χ3v) is 11.3. The van der Waals surface area contributed by atoms with Gasteiger partial charge in [0.05, 0.1) is 5.41 Å². The van der Waals surface area contributed by atoms with Gasteiger partial charge in [-0.25, -0.2) is 15.0 Å². The van der Waals surface area contributed by atoms with Crippen LogP contribution in [0.2, 0.25) is 0 Å². The fraction of sp³-hybridized carbons (Fsp3) is 0.0217. The molecular weight excluding hydrogens is 627 g/mol. The van der Waals surface area contributed by atoms with E-state index < -0.39 is 5.41 Å². The van der Waals surface area contributed by atoms with Gasteiger partial charge in [0.15, 0.2) is 17.5 Å².